The van der Waals surface area contributed by atoms with E-state index in [2.05, 4.69) is 55.2 Å². The van der Waals surface area contributed by atoms with Gasteiger partial charge in [0.25, 0.3) is 0 Å². The molecule has 3 nitrogen and oxygen atoms in total. The summed E-state index contributed by atoms with van der Waals surface area (Å²) in [5.74, 6) is 2.28. The molecular formula is C35H32N2O. The Kier molecular flexibility index (Phi) is 6.75. The van der Waals surface area contributed by atoms with Gasteiger partial charge >= 0.3 is 0 Å². The lowest BCUT2D eigenvalue weighted by Gasteiger charge is -2.17. The summed E-state index contributed by atoms with van der Waals surface area (Å²) in [4.78, 5) is 9.17. The molecule has 0 amide bonds. The first-order chi connectivity index (χ1) is 18.6. The van der Waals surface area contributed by atoms with Gasteiger partial charge in [-0.2, -0.15) is 0 Å². The third kappa shape index (κ3) is 5.10. The molecule has 188 valence electrons. The first-order valence-electron chi connectivity index (χ1n) is 13.5. The maximum Gasteiger partial charge on any atom is 0.128 e. The highest BCUT2D eigenvalue weighted by Crippen LogP contribution is 2.38. The van der Waals surface area contributed by atoms with Gasteiger partial charge in [-0.1, -0.05) is 55.3 Å². The van der Waals surface area contributed by atoms with Gasteiger partial charge in [-0.15, -0.1) is 0 Å². The lowest BCUT2D eigenvalue weighted by Crippen LogP contribution is -1.97. The van der Waals surface area contributed by atoms with Gasteiger partial charge < -0.3 is 4.74 Å². The molecule has 1 fully saturated rings. The van der Waals surface area contributed by atoms with Crippen LogP contribution in [0, 0.1) is 13.8 Å². The number of hydrogen-bond acceptors (Lipinski definition) is 3. The molecule has 38 heavy (non-hydrogen) atoms. The van der Waals surface area contributed by atoms with Crippen molar-refractivity contribution in [3.63, 3.8) is 0 Å². The SMILES string of the molecule is Cc1cc(C2CCCC2)cc(C)c1-c1ccnc(-c2cccc(Oc3cccc(-c4ccccn4)c3)c2)c1. The molecule has 6 rings (SSSR count). The molecule has 0 unspecified atom stereocenters. The molecule has 2 heterocycles. The van der Waals surface area contributed by atoms with E-state index in [0.717, 1.165) is 39.9 Å². The van der Waals surface area contributed by atoms with E-state index < -0.39 is 0 Å². The van der Waals surface area contributed by atoms with Crippen LogP contribution in [-0.2, 0) is 0 Å². The molecule has 1 saturated carbocycles. The second-order valence-corrected chi connectivity index (χ2v) is 10.3. The van der Waals surface area contributed by atoms with Gasteiger partial charge in [-0.05, 0) is 109 Å². The summed E-state index contributed by atoms with van der Waals surface area (Å²) in [5, 5.41) is 0. The molecule has 2 aromatic heterocycles. The first kappa shape index (κ1) is 24.1. The fourth-order valence-corrected chi connectivity index (χ4v) is 5.80. The van der Waals surface area contributed by atoms with E-state index in [1.54, 1.807) is 6.20 Å². The second kappa shape index (κ2) is 10.6. The van der Waals surface area contributed by atoms with E-state index in [-0.39, 0.29) is 0 Å². The number of pyridine rings is 2. The molecule has 0 aliphatic heterocycles. The standard InChI is InChI=1S/C35H32N2O/c1-24-19-30(26-9-3-4-10-26)20-25(2)35(24)29-16-18-37-34(23-29)28-12-8-14-32(22-28)38-31-13-7-11-27(21-31)33-15-5-6-17-36-33/h5-8,11-23,26H,3-4,9-10H2,1-2H3. The average molecular weight is 497 g/mol. The van der Waals surface area contributed by atoms with Gasteiger partial charge in [0.1, 0.15) is 11.5 Å². The van der Waals surface area contributed by atoms with Crippen molar-refractivity contribution >= 4 is 0 Å². The van der Waals surface area contributed by atoms with Crippen molar-refractivity contribution in [1.82, 2.24) is 9.97 Å². The van der Waals surface area contributed by atoms with Crippen molar-refractivity contribution < 1.29 is 4.74 Å². The zero-order valence-electron chi connectivity index (χ0n) is 22.0. The van der Waals surface area contributed by atoms with Crippen LogP contribution >= 0.6 is 0 Å². The molecule has 3 heteroatoms. The van der Waals surface area contributed by atoms with Crippen LogP contribution in [0.25, 0.3) is 33.6 Å². The lowest BCUT2D eigenvalue weighted by molar-refractivity contribution is 0.483. The molecule has 3 aromatic carbocycles. The van der Waals surface area contributed by atoms with Gasteiger partial charge in [-0.3, -0.25) is 9.97 Å². The average Bonchev–Trinajstić information content (AvgIpc) is 3.49. The van der Waals surface area contributed by atoms with Gasteiger partial charge in [0.2, 0.25) is 0 Å². The maximum absolute atomic E-state index is 6.26. The zero-order chi connectivity index (χ0) is 25.9. The number of nitrogens with zero attached hydrogens (tertiary/aromatic N) is 2. The van der Waals surface area contributed by atoms with Crippen molar-refractivity contribution in [3.05, 3.63) is 120 Å². The van der Waals surface area contributed by atoms with Crippen molar-refractivity contribution in [2.24, 2.45) is 0 Å². The minimum atomic E-state index is 0.724. The van der Waals surface area contributed by atoms with Crippen LogP contribution in [0.15, 0.2) is 103 Å². The minimum absolute atomic E-state index is 0.724. The van der Waals surface area contributed by atoms with Crippen molar-refractivity contribution in [2.45, 2.75) is 45.4 Å². The van der Waals surface area contributed by atoms with Gasteiger partial charge in [0, 0.05) is 23.5 Å². The Morgan fingerprint density at radius 3 is 1.92 bits per heavy atom. The molecule has 1 aliphatic rings. The topological polar surface area (TPSA) is 35.0 Å². The van der Waals surface area contributed by atoms with Crippen LogP contribution in [0.1, 0.15) is 48.3 Å². The van der Waals surface area contributed by atoms with Gasteiger partial charge in [0.05, 0.1) is 11.4 Å². The monoisotopic (exact) mass is 496 g/mol. The summed E-state index contributed by atoms with van der Waals surface area (Å²) >= 11 is 0. The summed E-state index contributed by atoms with van der Waals surface area (Å²) < 4.78 is 6.26. The number of hydrogen-bond donors (Lipinski definition) is 0. The van der Waals surface area contributed by atoms with E-state index in [1.807, 2.05) is 60.8 Å². The van der Waals surface area contributed by atoms with E-state index in [1.165, 1.54) is 53.5 Å². The Hall–Kier alpha value is -4.24. The predicted molar refractivity (Wildman–Crippen MR) is 156 cm³/mol. The molecule has 0 N–H and O–H groups in total. The van der Waals surface area contributed by atoms with Crippen LogP contribution in [0.5, 0.6) is 11.5 Å². The van der Waals surface area contributed by atoms with Gasteiger partial charge in [-0.25, -0.2) is 0 Å². The Labute approximate surface area is 225 Å². The van der Waals surface area contributed by atoms with E-state index in [4.69, 9.17) is 9.72 Å². The van der Waals surface area contributed by atoms with Crippen LogP contribution in [0.2, 0.25) is 0 Å². The molecule has 0 saturated heterocycles. The first-order valence-corrected chi connectivity index (χ1v) is 13.5. The fraction of sp³-hybridized carbons (Fsp3) is 0.200. The Bertz CT molecular complexity index is 1550. The Morgan fingerprint density at radius 2 is 1.26 bits per heavy atom. The summed E-state index contributed by atoms with van der Waals surface area (Å²) in [6, 6.07) is 31.3. The van der Waals surface area contributed by atoms with E-state index >= 15 is 0 Å². The predicted octanol–water partition coefficient (Wildman–Crippen LogP) is 9.54. The van der Waals surface area contributed by atoms with Gasteiger partial charge in [0.15, 0.2) is 0 Å². The number of benzene rings is 3. The van der Waals surface area contributed by atoms with Crippen LogP contribution in [0.3, 0.4) is 0 Å². The molecule has 0 radical (unpaired) electrons. The number of ether oxygens (including phenoxy) is 1. The Balaban J connectivity index is 1.27. The van der Waals surface area contributed by atoms with Crippen LogP contribution in [-0.4, -0.2) is 9.97 Å². The molecule has 0 bridgehead atoms. The van der Waals surface area contributed by atoms with E-state index in [0.29, 0.717) is 0 Å². The minimum Gasteiger partial charge on any atom is -0.457 e. The highest BCUT2D eigenvalue weighted by Gasteiger charge is 2.19. The number of rotatable bonds is 6. The summed E-state index contributed by atoms with van der Waals surface area (Å²) in [7, 11) is 0. The maximum atomic E-state index is 6.26. The van der Waals surface area contributed by atoms with Crippen LogP contribution < -0.4 is 4.74 Å². The summed E-state index contributed by atoms with van der Waals surface area (Å²) in [6.45, 7) is 4.49. The Morgan fingerprint density at radius 1 is 0.605 bits per heavy atom. The second-order valence-electron chi connectivity index (χ2n) is 10.3. The third-order valence-corrected chi connectivity index (χ3v) is 7.59. The van der Waals surface area contributed by atoms with Crippen molar-refractivity contribution in [2.75, 3.05) is 0 Å². The number of aromatic nitrogens is 2. The van der Waals surface area contributed by atoms with Crippen LogP contribution in [0.4, 0.5) is 0 Å². The molecule has 0 spiro atoms. The van der Waals surface area contributed by atoms with Crippen molar-refractivity contribution in [3.8, 4) is 45.1 Å². The fourth-order valence-electron chi connectivity index (χ4n) is 5.80. The zero-order valence-corrected chi connectivity index (χ0v) is 22.0. The largest absolute Gasteiger partial charge is 0.457 e. The summed E-state index contributed by atoms with van der Waals surface area (Å²) in [5.41, 5.74) is 10.6. The lowest BCUT2D eigenvalue weighted by atomic mass is 9.88. The number of aryl methyl sites for hydroxylation is 2. The molecular weight excluding hydrogens is 464 g/mol. The molecule has 1 aliphatic carbocycles. The van der Waals surface area contributed by atoms with E-state index in [9.17, 15) is 0 Å². The molecule has 5 aromatic rings. The third-order valence-electron chi connectivity index (χ3n) is 7.59. The molecule has 0 atom stereocenters. The highest BCUT2D eigenvalue weighted by atomic mass is 16.5. The normalized spacial score (nSPS) is 13.5. The smallest absolute Gasteiger partial charge is 0.128 e. The summed E-state index contributed by atoms with van der Waals surface area (Å²) in [6.07, 6.45) is 9.08. The highest BCUT2D eigenvalue weighted by molar-refractivity contribution is 5.75. The quantitative estimate of drug-likeness (QED) is 0.235. The van der Waals surface area contributed by atoms with Crippen molar-refractivity contribution in [1.29, 1.82) is 0 Å².